The minimum Gasteiger partial charge on any atom is -0.298 e. The van der Waals surface area contributed by atoms with Gasteiger partial charge in [0.1, 0.15) is 6.29 Å². The molecule has 0 aliphatic rings. The second-order valence-corrected chi connectivity index (χ2v) is 5.07. The number of allylic oxidation sites excluding steroid dienone is 2. The van der Waals surface area contributed by atoms with Crippen LogP contribution in [0.2, 0.25) is 0 Å². The third-order valence-electron chi connectivity index (χ3n) is 2.79. The lowest BCUT2D eigenvalue weighted by molar-refractivity contribution is -0.104. The predicted molar refractivity (Wildman–Crippen MR) is 66.9 cm³/mol. The minimum atomic E-state index is 0.791. The van der Waals surface area contributed by atoms with Crippen molar-refractivity contribution < 1.29 is 4.79 Å². The van der Waals surface area contributed by atoms with E-state index in [2.05, 4.69) is 20.8 Å². The molecular weight excluding hydrogens is 184 g/mol. The zero-order chi connectivity index (χ0) is 11.7. The van der Waals surface area contributed by atoms with Gasteiger partial charge in [0.15, 0.2) is 0 Å². The van der Waals surface area contributed by atoms with Crippen molar-refractivity contribution in [3.8, 4) is 0 Å². The summed E-state index contributed by atoms with van der Waals surface area (Å²) in [6, 6.07) is 0. The van der Waals surface area contributed by atoms with E-state index in [-0.39, 0.29) is 0 Å². The zero-order valence-electron chi connectivity index (χ0n) is 10.8. The van der Waals surface area contributed by atoms with Crippen molar-refractivity contribution in [3.05, 3.63) is 11.6 Å². The molecule has 0 heterocycles. The lowest BCUT2D eigenvalue weighted by atomic mass is 9.96. The number of carbonyl (C=O) groups is 1. The fourth-order valence-electron chi connectivity index (χ4n) is 1.66. The van der Waals surface area contributed by atoms with Gasteiger partial charge in [0.25, 0.3) is 0 Å². The van der Waals surface area contributed by atoms with Crippen LogP contribution in [-0.2, 0) is 4.79 Å². The molecule has 88 valence electrons. The van der Waals surface area contributed by atoms with Crippen molar-refractivity contribution in [1.82, 2.24) is 0 Å². The van der Waals surface area contributed by atoms with Crippen molar-refractivity contribution in [2.24, 2.45) is 11.8 Å². The van der Waals surface area contributed by atoms with Gasteiger partial charge in [-0.15, -0.1) is 0 Å². The molecule has 0 aliphatic carbocycles. The first-order chi connectivity index (χ1) is 7.06. The first-order valence-corrected chi connectivity index (χ1v) is 6.18. The summed E-state index contributed by atoms with van der Waals surface area (Å²) in [4.78, 5) is 10.4. The van der Waals surface area contributed by atoms with Crippen molar-refractivity contribution in [2.75, 3.05) is 0 Å². The maximum absolute atomic E-state index is 10.4. The first-order valence-electron chi connectivity index (χ1n) is 6.18. The van der Waals surface area contributed by atoms with Gasteiger partial charge in [0.05, 0.1) is 0 Å². The largest absolute Gasteiger partial charge is 0.298 e. The maximum Gasteiger partial charge on any atom is 0.145 e. The van der Waals surface area contributed by atoms with Crippen molar-refractivity contribution in [3.63, 3.8) is 0 Å². The number of rotatable bonds is 8. The Morgan fingerprint density at radius 1 is 1.13 bits per heavy atom. The highest BCUT2D eigenvalue weighted by Gasteiger charge is 2.02. The molecule has 0 aromatic rings. The van der Waals surface area contributed by atoms with Gasteiger partial charge in [0, 0.05) is 0 Å². The molecule has 0 spiro atoms. The van der Waals surface area contributed by atoms with Gasteiger partial charge in [-0.05, 0) is 37.2 Å². The first kappa shape index (κ1) is 14.4. The molecule has 1 nitrogen and oxygen atoms in total. The number of hydrogen-bond donors (Lipinski definition) is 0. The Balaban J connectivity index is 3.49. The van der Waals surface area contributed by atoms with Crippen LogP contribution in [0.5, 0.6) is 0 Å². The van der Waals surface area contributed by atoms with Crippen LogP contribution < -0.4 is 0 Å². The monoisotopic (exact) mass is 210 g/mol. The predicted octanol–water partition coefficient (Wildman–Crippen LogP) is 4.37. The molecule has 0 amide bonds. The van der Waals surface area contributed by atoms with Crippen LogP contribution in [0.4, 0.5) is 0 Å². The summed E-state index contributed by atoms with van der Waals surface area (Å²) in [7, 11) is 0. The quantitative estimate of drug-likeness (QED) is 0.429. The van der Waals surface area contributed by atoms with Crippen LogP contribution in [0.1, 0.15) is 59.8 Å². The Morgan fingerprint density at radius 2 is 1.80 bits per heavy atom. The SMILES string of the molecule is CC(C=O)=CCCC(C)CCCC(C)C. The Bertz CT molecular complexity index is 192. The fourth-order valence-corrected chi connectivity index (χ4v) is 1.66. The van der Waals surface area contributed by atoms with Crippen molar-refractivity contribution in [2.45, 2.75) is 59.8 Å². The number of hydrogen-bond acceptors (Lipinski definition) is 1. The highest BCUT2D eigenvalue weighted by atomic mass is 16.1. The van der Waals surface area contributed by atoms with Gasteiger partial charge in [-0.3, -0.25) is 4.79 Å². The van der Waals surface area contributed by atoms with E-state index in [4.69, 9.17) is 0 Å². The van der Waals surface area contributed by atoms with E-state index in [1.807, 2.05) is 13.0 Å². The summed E-state index contributed by atoms with van der Waals surface area (Å²) < 4.78 is 0. The molecule has 0 aromatic carbocycles. The van der Waals surface area contributed by atoms with E-state index in [1.54, 1.807) is 0 Å². The molecule has 1 unspecified atom stereocenters. The van der Waals surface area contributed by atoms with Crippen LogP contribution in [0.15, 0.2) is 11.6 Å². The molecule has 0 saturated heterocycles. The smallest absolute Gasteiger partial charge is 0.145 e. The fraction of sp³-hybridized carbons (Fsp3) is 0.786. The lowest BCUT2D eigenvalue weighted by Crippen LogP contribution is -1.96. The summed E-state index contributed by atoms with van der Waals surface area (Å²) >= 11 is 0. The topological polar surface area (TPSA) is 17.1 Å². The summed E-state index contributed by atoms with van der Waals surface area (Å²) in [6.45, 7) is 8.74. The number of carbonyl (C=O) groups excluding carboxylic acids is 1. The summed E-state index contributed by atoms with van der Waals surface area (Å²) in [6.07, 6.45) is 9.25. The number of aldehydes is 1. The summed E-state index contributed by atoms with van der Waals surface area (Å²) in [5, 5.41) is 0. The van der Waals surface area contributed by atoms with Crippen LogP contribution in [-0.4, -0.2) is 6.29 Å². The van der Waals surface area contributed by atoms with Gasteiger partial charge in [0.2, 0.25) is 0 Å². The molecule has 0 aliphatic heterocycles. The second kappa shape index (κ2) is 8.70. The van der Waals surface area contributed by atoms with E-state index < -0.39 is 0 Å². The molecule has 1 heteroatoms. The summed E-state index contributed by atoms with van der Waals surface area (Å²) in [5.74, 6) is 1.62. The highest BCUT2D eigenvalue weighted by Crippen LogP contribution is 2.17. The third-order valence-corrected chi connectivity index (χ3v) is 2.79. The standard InChI is InChI=1S/C14H26O/c1-12(2)7-5-8-13(3)9-6-10-14(4)11-15/h10-13H,5-9H2,1-4H3. The molecule has 0 fully saturated rings. The van der Waals surface area contributed by atoms with Crippen LogP contribution in [0, 0.1) is 11.8 Å². The second-order valence-electron chi connectivity index (χ2n) is 5.07. The molecule has 1 atom stereocenters. The van der Waals surface area contributed by atoms with E-state index in [9.17, 15) is 4.79 Å². The third kappa shape index (κ3) is 9.71. The molecule has 0 N–H and O–H groups in total. The molecule has 0 bridgehead atoms. The van der Waals surface area contributed by atoms with Crippen LogP contribution in [0.3, 0.4) is 0 Å². The van der Waals surface area contributed by atoms with Gasteiger partial charge >= 0.3 is 0 Å². The van der Waals surface area contributed by atoms with E-state index in [0.717, 1.165) is 30.1 Å². The molecule has 0 aromatic heterocycles. The van der Waals surface area contributed by atoms with Crippen LogP contribution >= 0.6 is 0 Å². The molecule has 0 rings (SSSR count). The van der Waals surface area contributed by atoms with Crippen molar-refractivity contribution >= 4 is 6.29 Å². The maximum atomic E-state index is 10.4. The van der Waals surface area contributed by atoms with Crippen LogP contribution in [0.25, 0.3) is 0 Å². The average molecular weight is 210 g/mol. The molecular formula is C14H26O. The van der Waals surface area contributed by atoms with Gasteiger partial charge in [-0.1, -0.05) is 46.1 Å². The Kier molecular flexibility index (Phi) is 8.35. The van der Waals surface area contributed by atoms with Gasteiger partial charge < -0.3 is 0 Å². The Morgan fingerprint density at radius 3 is 2.33 bits per heavy atom. The van der Waals surface area contributed by atoms with E-state index in [1.165, 1.54) is 25.7 Å². The Labute approximate surface area is 95.0 Å². The molecule has 15 heavy (non-hydrogen) atoms. The average Bonchev–Trinajstić information content (AvgIpc) is 2.17. The van der Waals surface area contributed by atoms with Gasteiger partial charge in [-0.2, -0.15) is 0 Å². The molecule has 0 saturated carbocycles. The van der Waals surface area contributed by atoms with Crippen molar-refractivity contribution in [1.29, 1.82) is 0 Å². The minimum absolute atomic E-state index is 0.791. The lowest BCUT2D eigenvalue weighted by Gasteiger charge is -2.10. The Hall–Kier alpha value is -0.590. The normalized spacial score (nSPS) is 14.3. The molecule has 0 radical (unpaired) electrons. The highest BCUT2D eigenvalue weighted by molar-refractivity contribution is 5.71. The van der Waals surface area contributed by atoms with E-state index >= 15 is 0 Å². The summed E-state index contributed by atoms with van der Waals surface area (Å²) in [5.41, 5.74) is 0.865. The zero-order valence-corrected chi connectivity index (χ0v) is 10.8. The van der Waals surface area contributed by atoms with E-state index in [0.29, 0.717) is 0 Å². The van der Waals surface area contributed by atoms with Gasteiger partial charge in [-0.25, -0.2) is 0 Å².